The normalized spacial score (nSPS) is 11.9. The van der Waals surface area contributed by atoms with Crippen LogP contribution in [0.2, 0.25) is 10.0 Å². The molecule has 0 aliphatic heterocycles. The van der Waals surface area contributed by atoms with E-state index in [1.165, 1.54) is 37.5 Å². The molecule has 0 bridgehead atoms. The van der Waals surface area contributed by atoms with Crippen LogP contribution >= 0.6 is 23.2 Å². The highest BCUT2D eigenvalue weighted by molar-refractivity contribution is 7.89. The van der Waals surface area contributed by atoms with Gasteiger partial charge in [-0.05, 0) is 18.2 Å². The first-order valence-corrected chi connectivity index (χ1v) is 8.02. The standard InChI is InChI=1S/C13H11Cl2FN2O2S/c1-18(8-9-10(14)3-2-4-12(9)16)21(19,20)13-7-17-6-5-11(13)15/h2-7H,8H2,1H3. The minimum atomic E-state index is -3.89. The average Bonchev–Trinajstić information content (AvgIpc) is 2.43. The van der Waals surface area contributed by atoms with Gasteiger partial charge in [0.1, 0.15) is 10.7 Å². The molecule has 0 saturated carbocycles. The van der Waals surface area contributed by atoms with Gasteiger partial charge in [-0.1, -0.05) is 29.3 Å². The molecule has 0 radical (unpaired) electrons. The third-order valence-electron chi connectivity index (χ3n) is 2.86. The number of rotatable bonds is 4. The summed E-state index contributed by atoms with van der Waals surface area (Å²) in [5, 5.41) is 0.214. The van der Waals surface area contributed by atoms with Gasteiger partial charge in [-0.3, -0.25) is 4.98 Å². The van der Waals surface area contributed by atoms with Gasteiger partial charge in [-0.2, -0.15) is 4.31 Å². The second-order valence-corrected chi connectivity index (χ2v) is 7.10. The highest BCUT2D eigenvalue weighted by Crippen LogP contribution is 2.26. The monoisotopic (exact) mass is 348 g/mol. The lowest BCUT2D eigenvalue weighted by molar-refractivity contribution is 0.456. The zero-order chi connectivity index (χ0) is 15.6. The van der Waals surface area contributed by atoms with Crippen LogP contribution < -0.4 is 0 Å². The molecule has 8 heteroatoms. The third kappa shape index (κ3) is 3.35. The van der Waals surface area contributed by atoms with Gasteiger partial charge in [-0.25, -0.2) is 12.8 Å². The van der Waals surface area contributed by atoms with Crippen LogP contribution in [0.5, 0.6) is 0 Å². The summed E-state index contributed by atoms with van der Waals surface area (Å²) in [7, 11) is -2.57. The molecule has 1 aromatic heterocycles. The van der Waals surface area contributed by atoms with E-state index in [2.05, 4.69) is 4.98 Å². The van der Waals surface area contributed by atoms with E-state index in [4.69, 9.17) is 23.2 Å². The summed E-state index contributed by atoms with van der Waals surface area (Å²) in [6.07, 6.45) is 2.53. The summed E-state index contributed by atoms with van der Waals surface area (Å²) in [5.41, 5.74) is 0.102. The zero-order valence-electron chi connectivity index (χ0n) is 10.9. The number of benzene rings is 1. The topological polar surface area (TPSA) is 50.3 Å². The number of halogens is 3. The molecule has 1 heterocycles. The van der Waals surface area contributed by atoms with Gasteiger partial charge in [0.15, 0.2) is 0 Å². The fourth-order valence-electron chi connectivity index (χ4n) is 1.71. The van der Waals surface area contributed by atoms with Gasteiger partial charge in [0.05, 0.1) is 5.02 Å². The Balaban J connectivity index is 2.36. The van der Waals surface area contributed by atoms with Crippen molar-refractivity contribution >= 4 is 33.2 Å². The first-order valence-electron chi connectivity index (χ1n) is 5.83. The third-order valence-corrected chi connectivity index (χ3v) is 5.49. The molecule has 2 rings (SSSR count). The van der Waals surface area contributed by atoms with Crippen molar-refractivity contribution in [3.8, 4) is 0 Å². The summed E-state index contributed by atoms with van der Waals surface area (Å²) in [6.45, 7) is -0.209. The van der Waals surface area contributed by atoms with Crippen molar-refractivity contribution in [1.82, 2.24) is 9.29 Å². The first kappa shape index (κ1) is 16.2. The minimum Gasteiger partial charge on any atom is -0.263 e. The molecule has 0 saturated heterocycles. The number of sulfonamides is 1. The molecule has 0 atom stereocenters. The molecular weight excluding hydrogens is 338 g/mol. The van der Waals surface area contributed by atoms with Crippen molar-refractivity contribution in [1.29, 1.82) is 0 Å². The SMILES string of the molecule is CN(Cc1c(F)cccc1Cl)S(=O)(=O)c1cnccc1Cl. The molecule has 0 aliphatic carbocycles. The quantitative estimate of drug-likeness (QED) is 0.851. The summed E-state index contributed by atoms with van der Waals surface area (Å²) < 4.78 is 39.5. The molecule has 0 amide bonds. The lowest BCUT2D eigenvalue weighted by Crippen LogP contribution is -2.27. The van der Waals surface area contributed by atoms with Crippen molar-refractivity contribution in [2.24, 2.45) is 0 Å². The Hall–Kier alpha value is -1.21. The molecule has 0 aliphatic rings. The van der Waals surface area contributed by atoms with E-state index < -0.39 is 15.8 Å². The smallest absolute Gasteiger partial charge is 0.246 e. The number of aromatic nitrogens is 1. The maximum atomic E-state index is 13.7. The largest absolute Gasteiger partial charge is 0.263 e. The van der Waals surface area contributed by atoms with Crippen molar-refractivity contribution < 1.29 is 12.8 Å². The van der Waals surface area contributed by atoms with E-state index in [-0.39, 0.29) is 27.0 Å². The maximum absolute atomic E-state index is 13.7. The Morgan fingerprint density at radius 3 is 2.57 bits per heavy atom. The molecule has 4 nitrogen and oxygen atoms in total. The molecule has 0 spiro atoms. The van der Waals surface area contributed by atoms with E-state index in [0.29, 0.717) is 0 Å². The number of hydrogen-bond donors (Lipinski definition) is 0. The van der Waals surface area contributed by atoms with Crippen LogP contribution in [0.1, 0.15) is 5.56 Å². The molecule has 0 N–H and O–H groups in total. The van der Waals surface area contributed by atoms with Crippen LogP contribution in [0.3, 0.4) is 0 Å². The Kier molecular flexibility index (Phi) is 4.83. The van der Waals surface area contributed by atoms with E-state index in [1.807, 2.05) is 0 Å². The molecular formula is C13H11Cl2FN2O2S. The van der Waals surface area contributed by atoms with Crippen LogP contribution in [-0.2, 0) is 16.6 Å². The van der Waals surface area contributed by atoms with Crippen LogP contribution in [0.25, 0.3) is 0 Å². The molecule has 21 heavy (non-hydrogen) atoms. The summed E-state index contributed by atoms with van der Waals surface area (Å²) >= 11 is 11.8. The molecule has 0 fully saturated rings. The predicted octanol–water partition coefficient (Wildman–Crippen LogP) is 3.35. The summed E-state index contributed by atoms with van der Waals surface area (Å²) in [6, 6.07) is 5.54. The number of nitrogens with zero attached hydrogens (tertiary/aromatic N) is 2. The Morgan fingerprint density at radius 2 is 1.95 bits per heavy atom. The summed E-state index contributed by atoms with van der Waals surface area (Å²) in [4.78, 5) is 3.61. The highest BCUT2D eigenvalue weighted by Gasteiger charge is 2.25. The molecule has 1 aromatic carbocycles. The van der Waals surface area contributed by atoms with Gasteiger partial charge < -0.3 is 0 Å². The fourth-order valence-corrected chi connectivity index (χ4v) is 3.48. The summed E-state index contributed by atoms with van der Waals surface area (Å²) in [5.74, 6) is -0.568. The fraction of sp³-hybridized carbons (Fsp3) is 0.154. The second-order valence-electron chi connectivity index (χ2n) is 4.27. The van der Waals surface area contributed by atoms with Crippen molar-refractivity contribution in [3.63, 3.8) is 0 Å². The Bertz CT molecular complexity index is 748. The van der Waals surface area contributed by atoms with Crippen molar-refractivity contribution in [2.75, 3.05) is 7.05 Å². The van der Waals surface area contributed by atoms with Gasteiger partial charge in [0, 0.05) is 36.6 Å². The maximum Gasteiger partial charge on any atom is 0.246 e. The van der Waals surface area contributed by atoms with E-state index >= 15 is 0 Å². The highest BCUT2D eigenvalue weighted by atomic mass is 35.5. The molecule has 112 valence electrons. The average molecular weight is 349 g/mol. The van der Waals surface area contributed by atoms with Crippen molar-refractivity contribution in [2.45, 2.75) is 11.4 Å². The van der Waals surface area contributed by atoms with Gasteiger partial charge in [0.25, 0.3) is 0 Å². The zero-order valence-corrected chi connectivity index (χ0v) is 13.3. The van der Waals surface area contributed by atoms with E-state index in [9.17, 15) is 12.8 Å². The van der Waals surface area contributed by atoms with Crippen LogP contribution in [0.15, 0.2) is 41.6 Å². The number of hydrogen-bond acceptors (Lipinski definition) is 3. The predicted molar refractivity (Wildman–Crippen MR) is 79.3 cm³/mol. The number of pyridine rings is 1. The lowest BCUT2D eigenvalue weighted by atomic mass is 10.2. The lowest BCUT2D eigenvalue weighted by Gasteiger charge is -2.18. The molecule has 2 aromatic rings. The van der Waals surface area contributed by atoms with Crippen LogP contribution in [-0.4, -0.2) is 24.8 Å². The Morgan fingerprint density at radius 1 is 1.24 bits per heavy atom. The van der Waals surface area contributed by atoms with E-state index in [0.717, 1.165) is 10.5 Å². The van der Waals surface area contributed by atoms with Gasteiger partial charge in [0.2, 0.25) is 10.0 Å². The van der Waals surface area contributed by atoms with Crippen LogP contribution in [0, 0.1) is 5.82 Å². The molecule has 0 unspecified atom stereocenters. The minimum absolute atomic E-state index is 0.0523. The van der Waals surface area contributed by atoms with Gasteiger partial charge >= 0.3 is 0 Å². The van der Waals surface area contributed by atoms with Gasteiger partial charge in [-0.15, -0.1) is 0 Å². The Labute approximate surface area is 132 Å². The van der Waals surface area contributed by atoms with Crippen molar-refractivity contribution in [3.05, 3.63) is 58.1 Å². The van der Waals surface area contributed by atoms with E-state index in [1.54, 1.807) is 0 Å². The first-order chi connectivity index (χ1) is 9.84. The second kappa shape index (κ2) is 6.27. The van der Waals surface area contributed by atoms with Crippen LogP contribution in [0.4, 0.5) is 4.39 Å².